The number of hydrogen-bond donors (Lipinski definition) is 0. The van der Waals surface area contributed by atoms with Gasteiger partial charge >= 0.3 is 5.97 Å². The minimum Gasteiger partial charge on any atom is -0.468 e. The number of esters is 1. The molecule has 3 rings (SSSR count). The number of benzene rings is 1. The maximum atomic E-state index is 13.0. The van der Waals surface area contributed by atoms with Crippen LogP contribution in [-0.4, -0.2) is 40.6 Å². The molecule has 1 aromatic carbocycles. The molecule has 134 valence electrons. The Labute approximate surface area is 154 Å². The van der Waals surface area contributed by atoms with E-state index in [-0.39, 0.29) is 17.6 Å². The van der Waals surface area contributed by atoms with Gasteiger partial charge in [-0.05, 0) is 38.0 Å². The fraction of sp³-hybridized carbons (Fsp3) is 0.471. The van der Waals surface area contributed by atoms with E-state index in [0.717, 1.165) is 12.8 Å². The van der Waals surface area contributed by atoms with Crippen molar-refractivity contribution >= 4 is 40.2 Å². The van der Waals surface area contributed by atoms with Crippen molar-refractivity contribution in [2.75, 3.05) is 13.7 Å². The van der Waals surface area contributed by atoms with Crippen LogP contribution >= 0.6 is 23.4 Å². The van der Waals surface area contributed by atoms with Gasteiger partial charge in [0.2, 0.25) is 0 Å². The Balaban J connectivity index is 2.06. The van der Waals surface area contributed by atoms with Crippen LogP contribution in [0.15, 0.2) is 28.2 Å². The van der Waals surface area contributed by atoms with Gasteiger partial charge in [0, 0.05) is 11.6 Å². The van der Waals surface area contributed by atoms with Crippen LogP contribution in [0.5, 0.6) is 0 Å². The van der Waals surface area contributed by atoms with Crippen molar-refractivity contribution in [3.05, 3.63) is 33.6 Å². The lowest BCUT2D eigenvalue weighted by atomic mass is 10.2. The van der Waals surface area contributed by atoms with Crippen LogP contribution in [0.4, 0.5) is 0 Å². The average Bonchev–Trinajstić information content (AvgIpc) is 3.10. The zero-order valence-corrected chi connectivity index (χ0v) is 15.6. The number of rotatable bonds is 5. The number of halogens is 1. The van der Waals surface area contributed by atoms with Crippen molar-refractivity contribution in [2.45, 2.75) is 42.8 Å². The highest BCUT2D eigenvalue weighted by Gasteiger charge is 2.23. The third-order valence-electron chi connectivity index (χ3n) is 4.11. The molecule has 1 aromatic heterocycles. The number of carbonyl (C=O) groups excluding carboxylic acids is 1. The molecule has 2 aromatic rings. The number of hydrogen-bond acceptors (Lipinski definition) is 6. The molecule has 2 heterocycles. The molecular weight excluding hydrogens is 364 g/mol. The number of thioether (sulfide) groups is 1. The number of ether oxygens (including phenoxy) is 2. The van der Waals surface area contributed by atoms with Crippen LogP contribution < -0.4 is 5.56 Å². The second-order valence-electron chi connectivity index (χ2n) is 5.89. The zero-order chi connectivity index (χ0) is 18.0. The first-order chi connectivity index (χ1) is 12.0. The van der Waals surface area contributed by atoms with Gasteiger partial charge in [-0.3, -0.25) is 14.2 Å². The lowest BCUT2D eigenvalue weighted by molar-refractivity contribution is -0.139. The molecule has 0 amide bonds. The molecule has 0 saturated carbocycles. The Morgan fingerprint density at radius 1 is 1.56 bits per heavy atom. The van der Waals surface area contributed by atoms with Gasteiger partial charge in [0.15, 0.2) is 5.16 Å². The monoisotopic (exact) mass is 382 g/mol. The van der Waals surface area contributed by atoms with E-state index in [4.69, 9.17) is 21.1 Å². The number of methoxy groups -OCH3 is 1. The molecule has 1 aliphatic rings. The van der Waals surface area contributed by atoms with Gasteiger partial charge in [-0.1, -0.05) is 23.4 Å². The standard InChI is InChI=1S/C17H19ClN2O4S/c1-10(16(22)23-2)25-17-19-14-8-11(18)5-6-13(14)15(21)20(17)9-12-4-3-7-24-12/h5-6,8,10,12H,3-4,7,9H2,1-2H3/t10-,12+/m0/s1. The van der Waals surface area contributed by atoms with Crippen molar-refractivity contribution < 1.29 is 14.3 Å². The van der Waals surface area contributed by atoms with E-state index < -0.39 is 5.25 Å². The number of fused-ring (bicyclic) bond motifs is 1. The fourth-order valence-corrected chi connectivity index (χ4v) is 3.90. The molecule has 1 fully saturated rings. The maximum absolute atomic E-state index is 13.0. The predicted molar refractivity (Wildman–Crippen MR) is 97.3 cm³/mol. The van der Waals surface area contributed by atoms with Gasteiger partial charge in [0.25, 0.3) is 5.56 Å². The zero-order valence-electron chi connectivity index (χ0n) is 14.0. The minimum absolute atomic E-state index is 0.0166. The molecule has 0 bridgehead atoms. The summed E-state index contributed by atoms with van der Waals surface area (Å²) in [7, 11) is 1.34. The van der Waals surface area contributed by atoms with E-state index >= 15 is 0 Å². The van der Waals surface area contributed by atoms with Gasteiger partial charge in [-0.2, -0.15) is 0 Å². The van der Waals surface area contributed by atoms with Gasteiger partial charge in [-0.25, -0.2) is 4.98 Å². The summed E-state index contributed by atoms with van der Waals surface area (Å²) in [6.07, 6.45) is 1.87. The molecule has 0 aliphatic carbocycles. The molecule has 0 radical (unpaired) electrons. The molecule has 1 saturated heterocycles. The largest absolute Gasteiger partial charge is 0.468 e. The van der Waals surface area contributed by atoms with Crippen molar-refractivity contribution in [3.8, 4) is 0 Å². The molecule has 0 unspecified atom stereocenters. The van der Waals surface area contributed by atoms with Crippen LogP contribution in [0.25, 0.3) is 10.9 Å². The second kappa shape index (κ2) is 7.76. The summed E-state index contributed by atoms with van der Waals surface area (Å²) in [5, 5.41) is 0.989. The summed E-state index contributed by atoms with van der Waals surface area (Å²) in [6, 6.07) is 5.01. The number of nitrogens with zero attached hydrogens (tertiary/aromatic N) is 2. The normalized spacial score (nSPS) is 18.4. The van der Waals surface area contributed by atoms with Crippen molar-refractivity contribution in [3.63, 3.8) is 0 Å². The van der Waals surface area contributed by atoms with E-state index in [2.05, 4.69) is 4.98 Å². The Kier molecular flexibility index (Phi) is 5.66. The van der Waals surface area contributed by atoms with Crippen LogP contribution in [0.3, 0.4) is 0 Å². The Bertz CT molecular complexity index is 848. The first kappa shape index (κ1) is 18.2. The van der Waals surface area contributed by atoms with Gasteiger partial charge in [0.05, 0.1) is 30.7 Å². The lowest BCUT2D eigenvalue weighted by Crippen LogP contribution is -2.29. The molecule has 25 heavy (non-hydrogen) atoms. The third kappa shape index (κ3) is 3.99. The van der Waals surface area contributed by atoms with E-state index in [1.807, 2.05) is 0 Å². The summed E-state index contributed by atoms with van der Waals surface area (Å²) < 4.78 is 12.0. The van der Waals surface area contributed by atoms with E-state index in [9.17, 15) is 9.59 Å². The topological polar surface area (TPSA) is 70.4 Å². The third-order valence-corrected chi connectivity index (χ3v) is 5.41. The summed E-state index contributed by atoms with van der Waals surface area (Å²) in [6.45, 7) is 2.85. The number of aromatic nitrogens is 2. The van der Waals surface area contributed by atoms with Crippen LogP contribution in [0.1, 0.15) is 19.8 Å². The summed E-state index contributed by atoms with van der Waals surface area (Å²) in [5.41, 5.74) is 0.359. The van der Waals surface area contributed by atoms with E-state index in [1.54, 1.807) is 29.7 Å². The molecule has 0 spiro atoms. The summed E-state index contributed by atoms with van der Waals surface area (Å²) in [4.78, 5) is 29.3. The summed E-state index contributed by atoms with van der Waals surface area (Å²) >= 11 is 7.23. The maximum Gasteiger partial charge on any atom is 0.318 e. The van der Waals surface area contributed by atoms with Crippen molar-refractivity contribution in [1.82, 2.24) is 9.55 Å². The lowest BCUT2D eigenvalue weighted by Gasteiger charge is -2.18. The van der Waals surface area contributed by atoms with Crippen molar-refractivity contribution in [1.29, 1.82) is 0 Å². The Morgan fingerprint density at radius 2 is 2.36 bits per heavy atom. The molecule has 0 N–H and O–H groups in total. The van der Waals surface area contributed by atoms with Gasteiger partial charge in [0.1, 0.15) is 5.25 Å². The smallest absolute Gasteiger partial charge is 0.318 e. The minimum atomic E-state index is -0.482. The first-order valence-electron chi connectivity index (χ1n) is 8.06. The van der Waals surface area contributed by atoms with Crippen molar-refractivity contribution in [2.24, 2.45) is 0 Å². The Hall–Kier alpha value is -1.57. The Morgan fingerprint density at radius 3 is 3.04 bits per heavy atom. The van der Waals surface area contributed by atoms with E-state index in [1.165, 1.54) is 18.9 Å². The first-order valence-corrected chi connectivity index (χ1v) is 9.31. The highest BCUT2D eigenvalue weighted by Crippen LogP contribution is 2.25. The highest BCUT2D eigenvalue weighted by atomic mass is 35.5. The number of carbonyl (C=O) groups is 1. The second-order valence-corrected chi connectivity index (χ2v) is 7.63. The van der Waals surface area contributed by atoms with Crippen LogP contribution in [-0.2, 0) is 20.8 Å². The molecule has 6 nitrogen and oxygen atoms in total. The SMILES string of the molecule is COC(=O)[C@H](C)Sc1nc2cc(Cl)ccc2c(=O)n1C[C@H]1CCCO1. The van der Waals surface area contributed by atoms with E-state index in [0.29, 0.717) is 34.2 Å². The van der Waals surface area contributed by atoms with Crippen LogP contribution in [0, 0.1) is 0 Å². The van der Waals surface area contributed by atoms with Gasteiger partial charge in [-0.15, -0.1) is 0 Å². The average molecular weight is 383 g/mol. The quantitative estimate of drug-likeness (QED) is 0.450. The highest BCUT2D eigenvalue weighted by molar-refractivity contribution is 8.00. The predicted octanol–water partition coefficient (Wildman–Crippen LogP) is 2.88. The molecule has 8 heteroatoms. The van der Waals surface area contributed by atoms with Crippen LogP contribution in [0.2, 0.25) is 5.02 Å². The molecular formula is C17H19ClN2O4S. The van der Waals surface area contributed by atoms with Gasteiger partial charge < -0.3 is 9.47 Å². The molecule has 1 aliphatic heterocycles. The summed E-state index contributed by atoms with van der Waals surface area (Å²) in [5.74, 6) is -0.367. The molecule has 2 atom stereocenters. The fourth-order valence-electron chi connectivity index (χ4n) is 2.79.